The maximum absolute atomic E-state index is 12.9. The molecule has 30 heavy (non-hydrogen) atoms. The zero-order chi connectivity index (χ0) is 22.1. The first-order valence-electron chi connectivity index (χ1n) is 10.3. The van der Waals surface area contributed by atoms with Crippen LogP contribution < -0.4 is 10.6 Å². The molecule has 0 saturated carbocycles. The second-order valence-corrected chi connectivity index (χ2v) is 8.02. The molecule has 2 rings (SSSR count). The lowest BCUT2D eigenvalue weighted by molar-refractivity contribution is -0.132. The summed E-state index contributed by atoms with van der Waals surface area (Å²) in [7, 11) is 0. The summed E-state index contributed by atoms with van der Waals surface area (Å²) in [5.41, 5.74) is 0.865. The predicted octanol–water partition coefficient (Wildman–Crippen LogP) is 2.02. The highest BCUT2D eigenvalue weighted by molar-refractivity contribution is 5.92. The van der Waals surface area contributed by atoms with E-state index in [1.165, 1.54) is 4.90 Å². The lowest BCUT2D eigenvalue weighted by Crippen LogP contribution is -2.54. The molecule has 0 unspecified atom stereocenters. The average Bonchev–Trinajstić information content (AvgIpc) is 3.22. The van der Waals surface area contributed by atoms with Crippen molar-refractivity contribution in [2.75, 3.05) is 6.54 Å². The van der Waals surface area contributed by atoms with Gasteiger partial charge in [0.25, 0.3) is 0 Å². The zero-order valence-corrected chi connectivity index (χ0v) is 17.8. The molecule has 0 radical (unpaired) electrons. The molecule has 1 aromatic rings. The summed E-state index contributed by atoms with van der Waals surface area (Å²) in [5.74, 6) is -0.639. The van der Waals surface area contributed by atoms with Crippen LogP contribution in [0.3, 0.4) is 0 Å². The van der Waals surface area contributed by atoms with Crippen molar-refractivity contribution in [2.24, 2.45) is 5.92 Å². The molecule has 3 amide bonds. The van der Waals surface area contributed by atoms with E-state index in [1.807, 2.05) is 44.2 Å². The Bertz CT molecular complexity index is 738. The Labute approximate surface area is 177 Å². The van der Waals surface area contributed by atoms with Crippen LogP contribution in [0.25, 0.3) is 0 Å². The van der Waals surface area contributed by atoms with Gasteiger partial charge in [-0.1, -0.05) is 44.2 Å². The summed E-state index contributed by atoms with van der Waals surface area (Å²) in [6.45, 7) is 6.01. The number of ether oxygens (including phenoxy) is 1. The van der Waals surface area contributed by atoms with Crippen LogP contribution >= 0.6 is 0 Å². The smallest absolute Gasteiger partial charge is 0.410 e. The number of hydrogen-bond donors (Lipinski definition) is 2. The molecule has 8 nitrogen and oxygen atoms in total. The van der Waals surface area contributed by atoms with Gasteiger partial charge in [0.15, 0.2) is 0 Å². The van der Waals surface area contributed by atoms with Gasteiger partial charge in [0.1, 0.15) is 25.0 Å². The number of carbonyl (C=O) groups is 4. The first-order chi connectivity index (χ1) is 14.3. The normalized spacial score (nSPS) is 17.9. The molecule has 0 aliphatic carbocycles. The van der Waals surface area contributed by atoms with Crippen molar-refractivity contribution < 1.29 is 23.9 Å². The Morgan fingerprint density at radius 1 is 1.17 bits per heavy atom. The van der Waals surface area contributed by atoms with Gasteiger partial charge in [-0.25, -0.2) is 4.79 Å². The van der Waals surface area contributed by atoms with Gasteiger partial charge in [-0.3, -0.25) is 14.5 Å². The molecule has 2 N–H and O–H groups in total. The van der Waals surface area contributed by atoms with Crippen molar-refractivity contribution in [3.05, 3.63) is 35.9 Å². The molecular formula is C22H31N3O5. The van der Waals surface area contributed by atoms with Gasteiger partial charge < -0.3 is 20.2 Å². The minimum Gasteiger partial charge on any atom is -0.445 e. The third-order valence-electron chi connectivity index (χ3n) is 4.91. The van der Waals surface area contributed by atoms with E-state index >= 15 is 0 Å². The number of benzene rings is 1. The maximum atomic E-state index is 12.9. The Morgan fingerprint density at radius 2 is 1.87 bits per heavy atom. The van der Waals surface area contributed by atoms with Crippen LogP contribution in [0.4, 0.5) is 4.79 Å². The Morgan fingerprint density at radius 3 is 2.50 bits per heavy atom. The molecular weight excluding hydrogens is 386 g/mol. The molecule has 1 aliphatic rings. The number of amides is 3. The van der Waals surface area contributed by atoms with E-state index in [-0.39, 0.29) is 18.4 Å². The van der Waals surface area contributed by atoms with Crippen molar-refractivity contribution in [1.82, 2.24) is 15.5 Å². The predicted molar refractivity (Wildman–Crippen MR) is 111 cm³/mol. The minimum atomic E-state index is -0.775. The van der Waals surface area contributed by atoms with Gasteiger partial charge in [-0.05, 0) is 37.7 Å². The zero-order valence-electron chi connectivity index (χ0n) is 17.8. The summed E-state index contributed by atoms with van der Waals surface area (Å²) >= 11 is 0. The summed E-state index contributed by atoms with van der Waals surface area (Å²) < 4.78 is 5.37. The highest BCUT2D eigenvalue weighted by atomic mass is 16.6. The number of aldehydes is 1. The van der Waals surface area contributed by atoms with E-state index in [4.69, 9.17) is 4.74 Å². The van der Waals surface area contributed by atoms with Crippen molar-refractivity contribution >= 4 is 24.2 Å². The number of carbonyl (C=O) groups excluding carboxylic acids is 4. The lowest BCUT2D eigenvalue weighted by Gasteiger charge is -2.26. The van der Waals surface area contributed by atoms with Gasteiger partial charge in [-0.15, -0.1) is 0 Å². The van der Waals surface area contributed by atoms with Crippen molar-refractivity contribution in [1.29, 1.82) is 0 Å². The topological polar surface area (TPSA) is 105 Å². The van der Waals surface area contributed by atoms with Gasteiger partial charge in [0.05, 0.1) is 6.04 Å². The first-order valence-corrected chi connectivity index (χ1v) is 10.3. The molecule has 1 heterocycles. The largest absolute Gasteiger partial charge is 0.445 e. The van der Waals surface area contributed by atoms with Crippen LogP contribution in [-0.2, 0) is 25.7 Å². The van der Waals surface area contributed by atoms with E-state index < -0.39 is 30.1 Å². The average molecular weight is 418 g/mol. The lowest BCUT2D eigenvalue weighted by atomic mass is 10.0. The van der Waals surface area contributed by atoms with Crippen molar-refractivity contribution in [3.63, 3.8) is 0 Å². The first kappa shape index (κ1) is 23.4. The molecule has 164 valence electrons. The molecule has 3 atom stereocenters. The van der Waals surface area contributed by atoms with E-state index in [1.54, 1.807) is 6.92 Å². The van der Waals surface area contributed by atoms with Crippen LogP contribution in [0.1, 0.15) is 45.6 Å². The number of rotatable bonds is 9. The number of hydrogen-bond acceptors (Lipinski definition) is 5. The van der Waals surface area contributed by atoms with E-state index in [0.717, 1.165) is 5.56 Å². The van der Waals surface area contributed by atoms with Gasteiger partial charge in [0, 0.05) is 6.54 Å². The minimum absolute atomic E-state index is 0.131. The Kier molecular flexibility index (Phi) is 8.83. The molecule has 0 bridgehead atoms. The fourth-order valence-corrected chi connectivity index (χ4v) is 3.39. The highest BCUT2D eigenvalue weighted by Gasteiger charge is 2.37. The summed E-state index contributed by atoms with van der Waals surface area (Å²) in [5, 5.41) is 5.34. The quantitative estimate of drug-likeness (QED) is 0.598. The SMILES string of the molecule is CC(C)C[C@H](NC(=O)[C@@H]1CCCN1C(=O)OCc1ccccc1)C(=O)N[C@@H](C)C=O. The van der Waals surface area contributed by atoms with Crippen LogP contribution in [0.5, 0.6) is 0 Å². The summed E-state index contributed by atoms with van der Waals surface area (Å²) in [4.78, 5) is 50.1. The molecule has 1 aliphatic heterocycles. The number of nitrogens with zero attached hydrogens (tertiary/aromatic N) is 1. The fraction of sp³-hybridized carbons (Fsp3) is 0.545. The third kappa shape index (κ3) is 6.86. The third-order valence-corrected chi connectivity index (χ3v) is 4.91. The summed E-state index contributed by atoms with van der Waals surface area (Å²) in [6, 6.07) is 7.22. The Balaban J connectivity index is 1.98. The molecule has 8 heteroatoms. The molecule has 1 fully saturated rings. The molecule has 1 saturated heterocycles. The molecule has 1 aromatic carbocycles. The van der Waals surface area contributed by atoms with Gasteiger partial charge in [-0.2, -0.15) is 0 Å². The standard InChI is InChI=1S/C22H31N3O5/c1-15(2)12-18(20(27)23-16(3)13-26)24-21(28)19-10-7-11-25(19)22(29)30-14-17-8-5-4-6-9-17/h4-6,8-9,13,15-16,18-19H,7,10-12,14H2,1-3H3,(H,23,27)(H,24,28)/t16-,18-,19-/m0/s1. The van der Waals surface area contributed by atoms with E-state index in [9.17, 15) is 19.2 Å². The van der Waals surface area contributed by atoms with E-state index in [2.05, 4.69) is 10.6 Å². The second-order valence-electron chi connectivity index (χ2n) is 8.02. The van der Waals surface area contributed by atoms with Crippen molar-refractivity contribution in [2.45, 2.75) is 64.8 Å². The monoisotopic (exact) mass is 417 g/mol. The summed E-state index contributed by atoms with van der Waals surface area (Å²) in [6.07, 6.45) is 1.70. The highest BCUT2D eigenvalue weighted by Crippen LogP contribution is 2.20. The van der Waals surface area contributed by atoms with Crippen molar-refractivity contribution in [3.8, 4) is 0 Å². The van der Waals surface area contributed by atoms with Crippen LogP contribution in [0.2, 0.25) is 0 Å². The molecule has 0 aromatic heterocycles. The molecule has 0 spiro atoms. The number of nitrogens with one attached hydrogen (secondary N) is 2. The van der Waals surface area contributed by atoms with Crippen LogP contribution in [-0.4, -0.2) is 53.8 Å². The van der Waals surface area contributed by atoms with Gasteiger partial charge >= 0.3 is 6.09 Å². The number of likely N-dealkylation sites (tertiary alicyclic amines) is 1. The van der Waals surface area contributed by atoms with Gasteiger partial charge in [0.2, 0.25) is 11.8 Å². The Hall–Kier alpha value is -2.90. The van der Waals surface area contributed by atoms with E-state index in [0.29, 0.717) is 32.1 Å². The van der Waals surface area contributed by atoms with Crippen LogP contribution in [0, 0.1) is 5.92 Å². The van der Waals surface area contributed by atoms with Crippen LogP contribution in [0.15, 0.2) is 30.3 Å². The fourth-order valence-electron chi connectivity index (χ4n) is 3.39. The maximum Gasteiger partial charge on any atom is 0.410 e. The second kappa shape index (κ2) is 11.3.